The number of rotatable bonds is 4. The van der Waals surface area contributed by atoms with Crippen LogP contribution in [0.2, 0.25) is 0 Å². The van der Waals surface area contributed by atoms with Crippen LogP contribution in [0.3, 0.4) is 0 Å². The summed E-state index contributed by atoms with van der Waals surface area (Å²) < 4.78 is 0. The van der Waals surface area contributed by atoms with Crippen LogP contribution in [0.5, 0.6) is 0 Å². The number of hydrogen-bond acceptors (Lipinski definition) is 4. The average molecular weight is 346 g/mol. The Kier molecular flexibility index (Phi) is 3.88. The van der Waals surface area contributed by atoms with Crippen molar-refractivity contribution in [2.24, 2.45) is 5.73 Å². The Balaban J connectivity index is 1.76. The average Bonchev–Trinajstić information content (AvgIpc) is 3.45. The molecule has 3 aromatic rings. The van der Waals surface area contributed by atoms with Gasteiger partial charge in [-0.3, -0.25) is 9.59 Å². The van der Waals surface area contributed by atoms with Crippen molar-refractivity contribution >= 4 is 22.6 Å². The molecule has 26 heavy (non-hydrogen) atoms. The number of amides is 2. The second kappa shape index (κ2) is 6.22. The van der Waals surface area contributed by atoms with Crippen LogP contribution in [0.15, 0.2) is 42.6 Å². The highest BCUT2D eigenvalue weighted by molar-refractivity contribution is 6.05. The monoisotopic (exact) mass is 346 g/mol. The Bertz CT molecular complexity index is 1040. The molecule has 0 atom stereocenters. The normalized spacial score (nSPS) is 13.6. The number of carbonyl (C=O) groups excluding carboxylic acids is 2. The number of nitrogens with zero attached hydrogens (tertiary/aromatic N) is 2. The van der Waals surface area contributed by atoms with Gasteiger partial charge in [-0.05, 0) is 54.7 Å². The zero-order chi connectivity index (χ0) is 18.3. The first kappa shape index (κ1) is 16.2. The zero-order valence-electron chi connectivity index (χ0n) is 14.3. The number of benzene rings is 2. The van der Waals surface area contributed by atoms with Gasteiger partial charge in [0.1, 0.15) is 0 Å². The van der Waals surface area contributed by atoms with E-state index in [0.717, 1.165) is 34.9 Å². The third kappa shape index (κ3) is 3.01. The van der Waals surface area contributed by atoms with Crippen molar-refractivity contribution in [3.05, 3.63) is 59.4 Å². The molecule has 130 valence electrons. The summed E-state index contributed by atoms with van der Waals surface area (Å²) in [6.45, 7) is 2.00. The van der Waals surface area contributed by atoms with Crippen LogP contribution >= 0.6 is 0 Å². The maximum absolute atomic E-state index is 12.3. The lowest BCUT2D eigenvalue weighted by molar-refractivity contribution is 0.0949. The van der Waals surface area contributed by atoms with Gasteiger partial charge in [0, 0.05) is 22.4 Å². The molecule has 0 bridgehead atoms. The van der Waals surface area contributed by atoms with Gasteiger partial charge in [-0.15, -0.1) is 5.10 Å². The minimum Gasteiger partial charge on any atom is -0.364 e. The quantitative estimate of drug-likeness (QED) is 0.758. The fraction of sp³-hybridized carbons (Fsp3) is 0.200. The molecule has 1 aliphatic carbocycles. The summed E-state index contributed by atoms with van der Waals surface area (Å²) in [6.07, 6.45) is 3.71. The van der Waals surface area contributed by atoms with E-state index in [-0.39, 0.29) is 11.6 Å². The van der Waals surface area contributed by atoms with Crippen LogP contribution in [-0.4, -0.2) is 28.1 Å². The predicted octanol–water partition coefficient (Wildman–Crippen LogP) is 2.60. The number of aryl methyl sites for hydroxylation is 1. The lowest BCUT2D eigenvalue weighted by Gasteiger charge is -2.11. The number of hydrogen-bond donors (Lipinski definition) is 2. The number of primary amides is 1. The molecule has 6 nitrogen and oxygen atoms in total. The first-order chi connectivity index (χ1) is 12.5. The van der Waals surface area contributed by atoms with Crippen molar-refractivity contribution in [2.45, 2.75) is 25.8 Å². The summed E-state index contributed by atoms with van der Waals surface area (Å²) in [5.74, 6) is -0.651. The summed E-state index contributed by atoms with van der Waals surface area (Å²) in [7, 11) is 0. The SMILES string of the molecule is Cc1ccc(C(=O)NC2CC2)cc1-c1ccc2c(C(N)=O)nncc2c1. The molecule has 6 heteroatoms. The fourth-order valence-electron chi connectivity index (χ4n) is 3.01. The maximum Gasteiger partial charge on any atom is 0.269 e. The van der Waals surface area contributed by atoms with Crippen molar-refractivity contribution in [2.75, 3.05) is 0 Å². The van der Waals surface area contributed by atoms with Crippen LogP contribution in [0.1, 0.15) is 39.3 Å². The lowest BCUT2D eigenvalue weighted by atomic mass is 9.96. The smallest absolute Gasteiger partial charge is 0.269 e. The molecule has 0 unspecified atom stereocenters. The number of fused-ring (bicyclic) bond motifs is 1. The van der Waals surface area contributed by atoms with Gasteiger partial charge in [0.05, 0.1) is 6.20 Å². The summed E-state index contributed by atoms with van der Waals surface area (Å²) in [4.78, 5) is 23.9. The van der Waals surface area contributed by atoms with Crippen molar-refractivity contribution in [3.63, 3.8) is 0 Å². The largest absolute Gasteiger partial charge is 0.364 e. The third-order valence-electron chi connectivity index (χ3n) is 4.62. The van der Waals surface area contributed by atoms with E-state index in [1.807, 2.05) is 43.3 Å². The molecule has 1 fully saturated rings. The second-order valence-corrected chi connectivity index (χ2v) is 6.64. The van der Waals surface area contributed by atoms with Gasteiger partial charge < -0.3 is 11.1 Å². The summed E-state index contributed by atoms with van der Waals surface area (Å²) >= 11 is 0. The number of nitrogens with one attached hydrogen (secondary N) is 1. The standard InChI is InChI=1S/C20H18N4O2/c1-11-2-3-13(20(26)23-15-5-6-15)9-17(11)12-4-7-16-14(8-12)10-22-24-18(16)19(21)25/h2-4,7-10,15H,5-6H2,1H3,(H2,21,25)(H,23,26). The van der Waals surface area contributed by atoms with Crippen LogP contribution in [0, 0.1) is 6.92 Å². The maximum atomic E-state index is 12.3. The molecule has 2 amide bonds. The van der Waals surface area contributed by atoms with E-state index < -0.39 is 5.91 Å². The molecule has 0 radical (unpaired) electrons. The van der Waals surface area contributed by atoms with Gasteiger partial charge >= 0.3 is 0 Å². The molecule has 0 spiro atoms. The number of carbonyl (C=O) groups is 2. The molecule has 1 aliphatic rings. The third-order valence-corrected chi connectivity index (χ3v) is 4.62. The molecule has 0 aliphatic heterocycles. The van der Waals surface area contributed by atoms with Crippen molar-refractivity contribution in [1.82, 2.24) is 15.5 Å². The Morgan fingerprint density at radius 2 is 1.96 bits per heavy atom. The van der Waals surface area contributed by atoms with Gasteiger partial charge in [0.25, 0.3) is 11.8 Å². The first-order valence-electron chi connectivity index (χ1n) is 8.50. The molecule has 1 saturated carbocycles. The molecule has 4 rings (SSSR count). The lowest BCUT2D eigenvalue weighted by Crippen LogP contribution is -2.25. The Hall–Kier alpha value is -3.28. The number of nitrogens with two attached hydrogens (primary N) is 1. The van der Waals surface area contributed by atoms with Crippen LogP contribution in [-0.2, 0) is 0 Å². The topological polar surface area (TPSA) is 98.0 Å². The molecule has 3 N–H and O–H groups in total. The molecular formula is C20H18N4O2. The molecule has 1 aromatic heterocycles. The Morgan fingerprint density at radius 3 is 2.69 bits per heavy atom. The first-order valence-corrected chi connectivity index (χ1v) is 8.50. The summed E-state index contributed by atoms with van der Waals surface area (Å²) in [5.41, 5.74) is 9.13. The minimum absolute atomic E-state index is 0.0450. The second-order valence-electron chi connectivity index (χ2n) is 6.64. The van der Waals surface area contributed by atoms with E-state index in [1.54, 1.807) is 6.20 Å². The molecular weight excluding hydrogens is 328 g/mol. The highest BCUT2D eigenvalue weighted by Gasteiger charge is 2.24. The van der Waals surface area contributed by atoms with E-state index in [1.165, 1.54) is 0 Å². The van der Waals surface area contributed by atoms with E-state index in [4.69, 9.17) is 5.73 Å². The van der Waals surface area contributed by atoms with E-state index in [2.05, 4.69) is 15.5 Å². The molecule has 0 saturated heterocycles. The minimum atomic E-state index is -0.606. The Morgan fingerprint density at radius 1 is 1.15 bits per heavy atom. The van der Waals surface area contributed by atoms with Crippen molar-refractivity contribution in [3.8, 4) is 11.1 Å². The molecule has 1 heterocycles. The Labute approximate surface area is 150 Å². The van der Waals surface area contributed by atoms with E-state index >= 15 is 0 Å². The van der Waals surface area contributed by atoms with Crippen molar-refractivity contribution < 1.29 is 9.59 Å². The van der Waals surface area contributed by atoms with Gasteiger partial charge in [-0.25, -0.2) is 0 Å². The van der Waals surface area contributed by atoms with Gasteiger partial charge in [0.15, 0.2) is 5.69 Å². The fourth-order valence-corrected chi connectivity index (χ4v) is 3.01. The van der Waals surface area contributed by atoms with Crippen molar-refractivity contribution in [1.29, 1.82) is 0 Å². The van der Waals surface area contributed by atoms with Gasteiger partial charge in [-0.2, -0.15) is 5.10 Å². The van der Waals surface area contributed by atoms with Gasteiger partial charge in [0.2, 0.25) is 0 Å². The predicted molar refractivity (Wildman–Crippen MR) is 98.7 cm³/mol. The van der Waals surface area contributed by atoms with Crippen LogP contribution in [0.4, 0.5) is 0 Å². The summed E-state index contributed by atoms with van der Waals surface area (Å²) in [6, 6.07) is 11.7. The highest BCUT2D eigenvalue weighted by Crippen LogP contribution is 2.29. The molecule has 2 aromatic carbocycles. The van der Waals surface area contributed by atoms with Gasteiger partial charge in [-0.1, -0.05) is 18.2 Å². The van der Waals surface area contributed by atoms with E-state index in [0.29, 0.717) is 17.0 Å². The van der Waals surface area contributed by atoms with Crippen LogP contribution in [0.25, 0.3) is 21.9 Å². The highest BCUT2D eigenvalue weighted by atomic mass is 16.2. The number of aromatic nitrogens is 2. The van der Waals surface area contributed by atoms with Crippen LogP contribution < -0.4 is 11.1 Å². The summed E-state index contributed by atoms with van der Waals surface area (Å²) in [5, 5.41) is 12.1. The zero-order valence-corrected chi connectivity index (χ0v) is 14.3. The van der Waals surface area contributed by atoms with E-state index in [9.17, 15) is 9.59 Å².